The van der Waals surface area contributed by atoms with E-state index in [0.29, 0.717) is 0 Å². The summed E-state index contributed by atoms with van der Waals surface area (Å²) in [6.07, 6.45) is 0.333. The maximum absolute atomic E-state index is 10.2. The van der Waals surface area contributed by atoms with Gasteiger partial charge < -0.3 is 10.2 Å². The first kappa shape index (κ1) is 11.0. The van der Waals surface area contributed by atoms with E-state index in [1.165, 1.54) is 0 Å². The van der Waals surface area contributed by atoms with Crippen LogP contribution in [0.2, 0.25) is 0 Å². The summed E-state index contributed by atoms with van der Waals surface area (Å²) in [6, 6.07) is 0. The van der Waals surface area contributed by atoms with E-state index >= 15 is 0 Å². The molecule has 0 saturated heterocycles. The minimum absolute atomic E-state index is 0.00954. The SMILES string of the molecule is C=C(CC[C@@H](S)C(=O)O)C(=O)O. The maximum atomic E-state index is 10.2. The minimum Gasteiger partial charge on any atom is -0.480 e. The first-order valence-electron chi connectivity index (χ1n) is 3.27. The summed E-state index contributed by atoms with van der Waals surface area (Å²) >= 11 is 3.73. The third kappa shape index (κ3) is 4.02. The van der Waals surface area contributed by atoms with Crippen molar-refractivity contribution < 1.29 is 19.8 Å². The van der Waals surface area contributed by atoms with E-state index in [1.807, 2.05) is 0 Å². The van der Waals surface area contributed by atoms with Gasteiger partial charge in [0.15, 0.2) is 0 Å². The van der Waals surface area contributed by atoms with E-state index in [2.05, 4.69) is 19.2 Å². The number of rotatable bonds is 5. The number of thiol groups is 1. The number of carboxylic acids is 2. The molecule has 0 aliphatic heterocycles. The van der Waals surface area contributed by atoms with E-state index in [9.17, 15) is 9.59 Å². The first-order chi connectivity index (χ1) is 5.45. The van der Waals surface area contributed by atoms with Crippen LogP contribution in [0.5, 0.6) is 0 Å². The molecule has 0 saturated carbocycles. The van der Waals surface area contributed by atoms with Crippen molar-refractivity contribution in [3.8, 4) is 0 Å². The van der Waals surface area contributed by atoms with Crippen LogP contribution < -0.4 is 0 Å². The summed E-state index contributed by atoms with van der Waals surface area (Å²) in [5.41, 5.74) is 0.00954. The lowest BCUT2D eigenvalue weighted by atomic mass is 10.1. The Labute approximate surface area is 75.3 Å². The fraction of sp³-hybridized carbons (Fsp3) is 0.429. The highest BCUT2D eigenvalue weighted by Crippen LogP contribution is 2.10. The molecule has 0 fully saturated rings. The normalized spacial score (nSPS) is 12.1. The Morgan fingerprint density at radius 3 is 2.25 bits per heavy atom. The van der Waals surface area contributed by atoms with E-state index in [-0.39, 0.29) is 18.4 Å². The number of carboxylic acid groups (broad SMARTS) is 2. The van der Waals surface area contributed by atoms with Gasteiger partial charge in [-0.15, -0.1) is 0 Å². The predicted octanol–water partition coefficient (Wildman–Crippen LogP) is 0.790. The highest BCUT2D eigenvalue weighted by Gasteiger charge is 2.13. The summed E-state index contributed by atoms with van der Waals surface area (Å²) < 4.78 is 0. The standard InChI is InChI=1S/C7H10O4S/c1-4(6(8)9)2-3-5(12)7(10)11/h5,12H,1-3H2,(H,8,9)(H,10,11)/t5-/m1/s1. The zero-order valence-corrected chi connectivity index (χ0v) is 7.25. The summed E-state index contributed by atoms with van der Waals surface area (Å²) in [7, 11) is 0. The summed E-state index contributed by atoms with van der Waals surface area (Å²) in [5.74, 6) is -2.14. The second-order valence-corrected chi connectivity index (χ2v) is 2.92. The highest BCUT2D eigenvalue weighted by molar-refractivity contribution is 7.81. The lowest BCUT2D eigenvalue weighted by Gasteiger charge is -2.03. The van der Waals surface area contributed by atoms with Gasteiger partial charge in [0.2, 0.25) is 0 Å². The van der Waals surface area contributed by atoms with Crippen LogP contribution in [0.25, 0.3) is 0 Å². The molecule has 1 atom stereocenters. The van der Waals surface area contributed by atoms with Gasteiger partial charge in [-0.2, -0.15) is 12.6 Å². The molecular weight excluding hydrogens is 180 g/mol. The molecule has 0 aromatic carbocycles. The van der Waals surface area contributed by atoms with Crippen molar-refractivity contribution in [1.29, 1.82) is 0 Å². The minimum atomic E-state index is -1.10. The molecule has 0 radical (unpaired) electrons. The molecule has 0 heterocycles. The summed E-state index contributed by atoms with van der Waals surface area (Å²) in [5, 5.41) is 15.9. The van der Waals surface area contributed by atoms with E-state index in [1.54, 1.807) is 0 Å². The lowest BCUT2D eigenvalue weighted by molar-refractivity contribution is -0.137. The van der Waals surface area contributed by atoms with Gasteiger partial charge >= 0.3 is 11.9 Å². The van der Waals surface area contributed by atoms with Crippen molar-refractivity contribution in [2.75, 3.05) is 0 Å². The van der Waals surface area contributed by atoms with Crippen LogP contribution >= 0.6 is 12.6 Å². The molecule has 0 aliphatic rings. The van der Waals surface area contributed by atoms with Gasteiger partial charge in [-0.05, 0) is 12.8 Å². The third-order valence-electron chi connectivity index (χ3n) is 1.31. The largest absolute Gasteiger partial charge is 0.480 e. The number of aliphatic carboxylic acids is 2. The fourth-order valence-corrected chi connectivity index (χ4v) is 0.670. The van der Waals surface area contributed by atoms with Gasteiger partial charge in [0, 0.05) is 5.57 Å². The Hall–Kier alpha value is -0.970. The molecule has 0 spiro atoms. The zero-order chi connectivity index (χ0) is 9.72. The Kier molecular flexibility index (Phi) is 4.43. The van der Waals surface area contributed by atoms with Gasteiger partial charge in [0.05, 0.1) is 5.25 Å². The van der Waals surface area contributed by atoms with Crippen LogP contribution in [0.15, 0.2) is 12.2 Å². The van der Waals surface area contributed by atoms with Gasteiger partial charge in [0.25, 0.3) is 0 Å². The lowest BCUT2D eigenvalue weighted by Crippen LogP contribution is -2.14. The molecule has 0 aromatic rings. The molecule has 0 bridgehead atoms. The smallest absolute Gasteiger partial charge is 0.330 e. The molecule has 0 aromatic heterocycles. The van der Waals surface area contributed by atoms with Crippen molar-refractivity contribution in [2.24, 2.45) is 0 Å². The highest BCUT2D eigenvalue weighted by atomic mass is 32.1. The summed E-state index contributed by atoms with van der Waals surface area (Å²) in [6.45, 7) is 3.26. The topological polar surface area (TPSA) is 74.6 Å². The van der Waals surface area contributed by atoms with Crippen molar-refractivity contribution in [1.82, 2.24) is 0 Å². The van der Waals surface area contributed by atoms with Crippen molar-refractivity contribution in [3.05, 3.63) is 12.2 Å². The average Bonchev–Trinajstić information content (AvgIpc) is 1.98. The molecule has 4 nitrogen and oxygen atoms in total. The first-order valence-corrected chi connectivity index (χ1v) is 3.78. The number of hydrogen-bond acceptors (Lipinski definition) is 3. The third-order valence-corrected chi connectivity index (χ3v) is 1.79. The molecular formula is C7H10O4S. The van der Waals surface area contributed by atoms with Crippen LogP contribution in [0.3, 0.4) is 0 Å². The van der Waals surface area contributed by atoms with Gasteiger partial charge in [-0.1, -0.05) is 6.58 Å². The Morgan fingerprint density at radius 2 is 1.92 bits per heavy atom. The molecule has 2 N–H and O–H groups in total. The van der Waals surface area contributed by atoms with E-state index in [0.717, 1.165) is 0 Å². The number of carbonyl (C=O) groups is 2. The van der Waals surface area contributed by atoms with Crippen molar-refractivity contribution >= 4 is 24.6 Å². The quantitative estimate of drug-likeness (QED) is 0.442. The molecule has 0 aliphatic carbocycles. The maximum Gasteiger partial charge on any atom is 0.330 e. The van der Waals surface area contributed by atoms with Crippen LogP contribution in [-0.4, -0.2) is 27.4 Å². The van der Waals surface area contributed by atoms with Crippen molar-refractivity contribution in [2.45, 2.75) is 18.1 Å². The Bertz CT molecular complexity index is 211. The Balaban J connectivity index is 3.76. The van der Waals surface area contributed by atoms with Gasteiger partial charge in [-0.3, -0.25) is 4.79 Å². The number of hydrogen-bond donors (Lipinski definition) is 3. The second-order valence-electron chi connectivity index (χ2n) is 2.30. The predicted molar refractivity (Wildman–Crippen MR) is 46.4 cm³/mol. The molecule has 5 heteroatoms. The Morgan fingerprint density at radius 1 is 1.42 bits per heavy atom. The molecule has 68 valence electrons. The van der Waals surface area contributed by atoms with Crippen LogP contribution in [0, 0.1) is 0 Å². The molecule has 0 rings (SSSR count). The molecule has 12 heavy (non-hydrogen) atoms. The van der Waals surface area contributed by atoms with Gasteiger partial charge in [0.1, 0.15) is 0 Å². The van der Waals surface area contributed by atoms with Crippen LogP contribution in [0.1, 0.15) is 12.8 Å². The van der Waals surface area contributed by atoms with Crippen molar-refractivity contribution in [3.63, 3.8) is 0 Å². The average molecular weight is 190 g/mol. The fourth-order valence-electron chi connectivity index (χ4n) is 0.541. The molecule has 0 amide bonds. The van der Waals surface area contributed by atoms with E-state index in [4.69, 9.17) is 10.2 Å². The van der Waals surface area contributed by atoms with Gasteiger partial charge in [-0.25, -0.2) is 4.79 Å². The monoisotopic (exact) mass is 190 g/mol. The second kappa shape index (κ2) is 4.82. The molecule has 0 unspecified atom stereocenters. The van der Waals surface area contributed by atoms with E-state index < -0.39 is 17.2 Å². The van der Waals surface area contributed by atoms with Crippen LogP contribution in [0.4, 0.5) is 0 Å². The summed E-state index contributed by atoms with van der Waals surface area (Å²) in [4.78, 5) is 20.4. The zero-order valence-electron chi connectivity index (χ0n) is 6.36. The van der Waals surface area contributed by atoms with Crippen LogP contribution in [-0.2, 0) is 9.59 Å².